The zero-order valence-corrected chi connectivity index (χ0v) is 10.8. The van der Waals surface area contributed by atoms with Crippen molar-refractivity contribution < 1.29 is 4.74 Å². The molecule has 0 fully saturated rings. The van der Waals surface area contributed by atoms with Gasteiger partial charge in [0, 0.05) is 18.0 Å². The van der Waals surface area contributed by atoms with Crippen LogP contribution in [-0.2, 0) is 0 Å². The molecule has 0 bridgehead atoms. The molecule has 1 atom stereocenters. The molecule has 16 heavy (non-hydrogen) atoms. The van der Waals surface area contributed by atoms with E-state index >= 15 is 0 Å². The number of aromatic nitrogens is 1. The van der Waals surface area contributed by atoms with Crippen molar-refractivity contribution in [3.63, 3.8) is 0 Å². The maximum atomic E-state index is 6.08. The number of nitrogens with two attached hydrogens (primary N) is 1. The lowest BCUT2D eigenvalue weighted by Crippen LogP contribution is -2.13. The van der Waals surface area contributed by atoms with Crippen LogP contribution in [0.15, 0.2) is 18.5 Å². The topological polar surface area (TPSA) is 48.1 Å². The van der Waals surface area contributed by atoms with Crippen molar-refractivity contribution in [2.45, 2.75) is 26.3 Å². The third-order valence-electron chi connectivity index (χ3n) is 2.12. The summed E-state index contributed by atoms with van der Waals surface area (Å²) in [4.78, 5) is 4.14. The van der Waals surface area contributed by atoms with Crippen molar-refractivity contribution >= 4 is 11.8 Å². The van der Waals surface area contributed by atoms with Crippen LogP contribution in [0.1, 0.15) is 31.9 Å². The molecule has 0 saturated heterocycles. The second-order valence-corrected chi connectivity index (χ2v) is 4.72. The summed E-state index contributed by atoms with van der Waals surface area (Å²) in [6.45, 7) is 4.80. The molecule has 0 amide bonds. The number of hydrogen-bond acceptors (Lipinski definition) is 4. The van der Waals surface area contributed by atoms with E-state index in [0.717, 1.165) is 22.8 Å². The fourth-order valence-electron chi connectivity index (χ4n) is 1.33. The Bertz CT molecular complexity index is 307. The summed E-state index contributed by atoms with van der Waals surface area (Å²) in [6.07, 6.45) is 4.73. The van der Waals surface area contributed by atoms with E-state index in [1.165, 1.54) is 6.42 Å². The summed E-state index contributed by atoms with van der Waals surface area (Å²) in [7, 11) is 0. The molecule has 0 spiro atoms. The fourth-order valence-corrected chi connectivity index (χ4v) is 2.24. The predicted octanol–water partition coefficient (Wildman–Crippen LogP) is 2.62. The van der Waals surface area contributed by atoms with Crippen LogP contribution in [-0.4, -0.2) is 23.1 Å². The van der Waals surface area contributed by atoms with Gasteiger partial charge < -0.3 is 10.5 Å². The van der Waals surface area contributed by atoms with Gasteiger partial charge in [0.15, 0.2) is 0 Å². The van der Waals surface area contributed by atoms with E-state index in [1.807, 2.05) is 30.9 Å². The van der Waals surface area contributed by atoms with Crippen LogP contribution in [0.4, 0.5) is 0 Å². The number of hydrogen-bond donors (Lipinski definition) is 1. The Hall–Kier alpha value is -0.740. The molecule has 1 rings (SSSR count). The molecule has 1 aromatic rings. The predicted molar refractivity (Wildman–Crippen MR) is 70.0 cm³/mol. The minimum atomic E-state index is 0.0458. The Morgan fingerprint density at radius 3 is 2.94 bits per heavy atom. The summed E-state index contributed by atoms with van der Waals surface area (Å²) >= 11 is 1.88. The molecule has 0 saturated carbocycles. The Morgan fingerprint density at radius 1 is 1.44 bits per heavy atom. The highest BCUT2D eigenvalue weighted by Gasteiger charge is 2.07. The number of rotatable bonds is 7. The minimum absolute atomic E-state index is 0.0458. The standard InChI is InChI=1S/C12H20N2OS/c1-3-5-16-9-12(13)10-6-11(15-4-2)8-14-7-10/h6-8,12H,3-5,9,13H2,1-2H3. The smallest absolute Gasteiger partial charge is 0.137 e. The monoisotopic (exact) mass is 240 g/mol. The highest BCUT2D eigenvalue weighted by Crippen LogP contribution is 2.19. The van der Waals surface area contributed by atoms with Crippen molar-refractivity contribution in [1.29, 1.82) is 0 Å². The number of thioether (sulfide) groups is 1. The summed E-state index contributed by atoms with van der Waals surface area (Å²) in [5, 5.41) is 0. The lowest BCUT2D eigenvalue weighted by atomic mass is 10.1. The van der Waals surface area contributed by atoms with E-state index in [1.54, 1.807) is 6.20 Å². The van der Waals surface area contributed by atoms with Crippen LogP contribution in [0.3, 0.4) is 0 Å². The maximum Gasteiger partial charge on any atom is 0.137 e. The van der Waals surface area contributed by atoms with Crippen LogP contribution in [0.5, 0.6) is 5.75 Å². The average Bonchev–Trinajstić information content (AvgIpc) is 2.30. The molecule has 4 heteroatoms. The van der Waals surface area contributed by atoms with E-state index in [-0.39, 0.29) is 6.04 Å². The third-order valence-corrected chi connectivity index (χ3v) is 3.41. The molecule has 0 aromatic carbocycles. The fraction of sp³-hybridized carbons (Fsp3) is 0.583. The van der Waals surface area contributed by atoms with Crippen molar-refractivity contribution in [3.8, 4) is 5.75 Å². The Labute approximate surface area is 102 Å². The molecule has 0 aliphatic carbocycles. The van der Waals surface area contributed by atoms with Crippen molar-refractivity contribution in [2.75, 3.05) is 18.1 Å². The van der Waals surface area contributed by atoms with E-state index < -0.39 is 0 Å². The highest BCUT2D eigenvalue weighted by atomic mass is 32.2. The van der Waals surface area contributed by atoms with Crippen LogP contribution < -0.4 is 10.5 Å². The quantitative estimate of drug-likeness (QED) is 0.744. The summed E-state index contributed by atoms with van der Waals surface area (Å²) in [6, 6.07) is 2.03. The molecule has 0 radical (unpaired) electrons. The zero-order valence-electron chi connectivity index (χ0n) is 9.98. The Morgan fingerprint density at radius 2 is 2.25 bits per heavy atom. The van der Waals surface area contributed by atoms with Crippen molar-refractivity contribution in [1.82, 2.24) is 4.98 Å². The van der Waals surface area contributed by atoms with Gasteiger partial charge in [-0.25, -0.2) is 0 Å². The molecule has 3 nitrogen and oxygen atoms in total. The summed E-state index contributed by atoms with van der Waals surface area (Å²) in [5.41, 5.74) is 7.13. The molecule has 0 aliphatic heterocycles. The van der Waals surface area contributed by atoms with Gasteiger partial charge >= 0.3 is 0 Å². The van der Waals surface area contributed by atoms with Crippen LogP contribution in [0.2, 0.25) is 0 Å². The van der Waals surface area contributed by atoms with E-state index in [2.05, 4.69) is 11.9 Å². The van der Waals surface area contributed by atoms with Gasteiger partial charge in [-0.15, -0.1) is 0 Å². The molecule has 90 valence electrons. The SMILES string of the molecule is CCCSCC(N)c1cncc(OCC)c1. The van der Waals surface area contributed by atoms with Gasteiger partial charge in [0.2, 0.25) is 0 Å². The van der Waals surface area contributed by atoms with Gasteiger partial charge in [0.1, 0.15) is 5.75 Å². The van der Waals surface area contributed by atoms with Gasteiger partial charge in [0.25, 0.3) is 0 Å². The molecule has 2 N–H and O–H groups in total. The van der Waals surface area contributed by atoms with E-state index in [9.17, 15) is 0 Å². The van der Waals surface area contributed by atoms with Gasteiger partial charge in [-0.2, -0.15) is 11.8 Å². The minimum Gasteiger partial charge on any atom is -0.492 e. The van der Waals surface area contributed by atoms with E-state index in [4.69, 9.17) is 10.5 Å². The second-order valence-electron chi connectivity index (χ2n) is 3.57. The maximum absolute atomic E-state index is 6.08. The van der Waals surface area contributed by atoms with Gasteiger partial charge in [0.05, 0.1) is 12.8 Å². The number of pyridine rings is 1. The van der Waals surface area contributed by atoms with Crippen molar-refractivity contribution in [3.05, 3.63) is 24.0 Å². The van der Waals surface area contributed by atoms with Crippen molar-refractivity contribution in [2.24, 2.45) is 5.73 Å². The van der Waals surface area contributed by atoms with Crippen LogP contribution >= 0.6 is 11.8 Å². The number of nitrogens with zero attached hydrogens (tertiary/aromatic N) is 1. The first-order valence-electron chi connectivity index (χ1n) is 5.69. The Kier molecular flexibility index (Phi) is 6.26. The third kappa shape index (κ3) is 4.41. The zero-order chi connectivity index (χ0) is 11.8. The second kappa shape index (κ2) is 7.52. The summed E-state index contributed by atoms with van der Waals surface area (Å²) < 4.78 is 5.40. The number of ether oxygens (including phenoxy) is 1. The normalized spacial score (nSPS) is 12.4. The molecule has 1 aromatic heterocycles. The van der Waals surface area contributed by atoms with Gasteiger partial charge in [-0.3, -0.25) is 4.98 Å². The van der Waals surface area contributed by atoms with Gasteiger partial charge in [-0.05, 0) is 30.7 Å². The summed E-state index contributed by atoms with van der Waals surface area (Å²) in [5.74, 6) is 2.90. The lowest BCUT2D eigenvalue weighted by molar-refractivity contribution is 0.338. The van der Waals surface area contributed by atoms with Crippen LogP contribution in [0, 0.1) is 0 Å². The molecule has 0 aliphatic rings. The Balaban J connectivity index is 2.53. The van der Waals surface area contributed by atoms with Crippen LogP contribution in [0.25, 0.3) is 0 Å². The lowest BCUT2D eigenvalue weighted by Gasteiger charge is -2.12. The van der Waals surface area contributed by atoms with E-state index in [0.29, 0.717) is 6.61 Å². The molecule has 1 heterocycles. The first-order valence-corrected chi connectivity index (χ1v) is 6.84. The molecule has 1 unspecified atom stereocenters. The molecular weight excluding hydrogens is 220 g/mol. The first-order chi connectivity index (χ1) is 7.77. The molecular formula is C12H20N2OS. The first kappa shape index (κ1) is 13.3. The van der Waals surface area contributed by atoms with Gasteiger partial charge in [-0.1, -0.05) is 6.92 Å². The average molecular weight is 240 g/mol. The largest absolute Gasteiger partial charge is 0.492 e. The highest BCUT2D eigenvalue weighted by molar-refractivity contribution is 7.99.